The summed E-state index contributed by atoms with van der Waals surface area (Å²) in [5.41, 5.74) is 0.702. The minimum Gasteiger partial charge on any atom is -0.233 e. The first-order chi connectivity index (χ1) is 6.62. The third-order valence-corrected chi connectivity index (χ3v) is 1.94. The van der Waals surface area contributed by atoms with Gasteiger partial charge in [-0.25, -0.2) is 9.97 Å². The first-order valence-corrected chi connectivity index (χ1v) is 4.53. The Labute approximate surface area is 86.6 Å². The highest BCUT2D eigenvalue weighted by atomic mass is 19.4. The van der Waals surface area contributed by atoms with Crippen LogP contribution in [0, 0.1) is 6.92 Å². The summed E-state index contributed by atoms with van der Waals surface area (Å²) in [5, 5.41) is 0. The van der Waals surface area contributed by atoms with Gasteiger partial charge in [-0.15, -0.1) is 0 Å². The van der Waals surface area contributed by atoms with E-state index in [0.29, 0.717) is 11.3 Å². The van der Waals surface area contributed by atoms with Gasteiger partial charge in [-0.05, 0) is 12.5 Å². The van der Waals surface area contributed by atoms with Crippen molar-refractivity contribution in [2.24, 2.45) is 0 Å². The van der Waals surface area contributed by atoms with Crippen molar-refractivity contribution in [1.82, 2.24) is 9.97 Å². The Balaban J connectivity index is 3.30. The molecule has 5 heteroatoms. The number of aryl methyl sites for hydroxylation is 1. The van der Waals surface area contributed by atoms with Crippen LogP contribution < -0.4 is 0 Å². The fraction of sp³-hybridized carbons (Fsp3) is 0.600. The zero-order chi connectivity index (χ0) is 11.9. The fourth-order valence-corrected chi connectivity index (χ4v) is 1.34. The molecular formula is C10H13F3N2. The minimum absolute atomic E-state index is 0.410. The molecule has 0 bridgehead atoms. The highest BCUT2D eigenvalue weighted by Crippen LogP contribution is 2.29. The Hall–Kier alpha value is -1.13. The second-order valence-electron chi connectivity index (χ2n) is 4.47. The smallest absolute Gasteiger partial charge is 0.233 e. The summed E-state index contributed by atoms with van der Waals surface area (Å²) in [6, 6.07) is 0. The van der Waals surface area contributed by atoms with Gasteiger partial charge in [-0.2, -0.15) is 13.2 Å². The van der Waals surface area contributed by atoms with Crippen LogP contribution in [0.25, 0.3) is 0 Å². The average Bonchev–Trinajstić information content (AvgIpc) is 2.00. The van der Waals surface area contributed by atoms with Gasteiger partial charge in [0.15, 0.2) is 0 Å². The summed E-state index contributed by atoms with van der Waals surface area (Å²) in [6.07, 6.45) is -3.26. The van der Waals surface area contributed by atoms with Crippen molar-refractivity contribution in [3.05, 3.63) is 23.3 Å². The average molecular weight is 218 g/mol. The molecule has 1 aromatic heterocycles. The highest BCUT2D eigenvalue weighted by Gasteiger charge is 2.36. The molecule has 0 fully saturated rings. The molecule has 0 amide bonds. The molecule has 0 aliphatic rings. The van der Waals surface area contributed by atoms with Crippen LogP contribution in [-0.4, -0.2) is 9.97 Å². The van der Waals surface area contributed by atoms with Crippen LogP contribution in [0.5, 0.6) is 0 Å². The third-order valence-electron chi connectivity index (χ3n) is 1.94. The van der Waals surface area contributed by atoms with E-state index >= 15 is 0 Å². The Morgan fingerprint density at radius 2 is 1.67 bits per heavy atom. The standard InChI is InChI=1S/C10H13F3N2/c1-6-5-14-8(10(11,12)13)15-7(6)9(2,3)4/h5H,1-4H3. The van der Waals surface area contributed by atoms with E-state index in [1.807, 2.05) is 20.8 Å². The number of alkyl halides is 3. The molecule has 0 aliphatic heterocycles. The molecule has 0 atom stereocenters. The SMILES string of the molecule is Cc1cnc(C(F)(F)F)nc1C(C)(C)C. The van der Waals surface area contributed by atoms with E-state index in [2.05, 4.69) is 9.97 Å². The van der Waals surface area contributed by atoms with E-state index in [0.717, 1.165) is 0 Å². The van der Waals surface area contributed by atoms with Crippen molar-refractivity contribution in [3.63, 3.8) is 0 Å². The van der Waals surface area contributed by atoms with Gasteiger partial charge in [0.25, 0.3) is 0 Å². The lowest BCUT2D eigenvalue weighted by Gasteiger charge is -2.20. The Kier molecular flexibility index (Phi) is 2.76. The van der Waals surface area contributed by atoms with Crippen LogP contribution >= 0.6 is 0 Å². The number of aromatic nitrogens is 2. The number of halogens is 3. The van der Waals surface area contributed by atoms with Gasteiger partial charge < -0.3 is 0 Å². The number of nitrogens with zero attached hydrogens (tertiary/aromatic N) is 2. The summed E-state index contributed by atoms with van der Waals surface area (Å²) < 4.78 is 37.1. The zero-order valence-corrected chi connectivity index (χ0v) is 9.11. The lowest BCUT2D eigenvalue weighted by atomic mass is 9.89. The van der Waals surface area contributed by atoms with Crippen LogP contribution in [0.1, 0.15) is 37.9 Å². The predicted octanol–water partition coefficient (Wildman–Crippen LogP) is 3.10. The maximum Gasteiger partial charge on any atom is 0.451 e. The van der Waals surface area contributed by atoms with Gasteiger partial charge in [-0.3, -0.25) is 0 Å². The van der Waals surface area contributed by atoms with Gasteiger partial charge in [0.05, 0.1) is 5.69 Å². The molecule has 1 aromatic rings. The lowest BCUT2D eigenvalue weighted by molar-refractivity contribution is -0.145. The van der Waals surface area contributed by atoms with Crippen molar-refractivity contribution in [2.75, 3.05) is 0 Å². The van der Waals surface area contributed by atoms with Crippen molar-refractivity contribution >= 4 is 0 Å². The first kappa shape index (κ1) is 11.9. The molecular weight excluding hydrogens is 205 g/mol. The minimum atomic E-state index is -4.48. The topological polar surface area (TPSA) is 25.8 Å². The number of hydrogen-bond donors (Lipinski definition) is 0. The first-order valence-electron chi connectivity index (χ1n) is 4.53. The summed E-state index contributed by atoms with van der Waals surface area (Å²) >= 11 is 0. The zero-order valence-electron chi connectivity index (χ0n) is 9.11. The molecule has 0 saturated heterocycles. The molecule has 1 rings (SSSR count). The van der Waals surface area contributed by atoms with E-state index < -0.39 is 17.4 Å². The second kappa shape index (κ2) is 3.47. The molecule has 15 heavy (non-hydrogen) atoms. The summed E-state index contributed by atoms with van der Waals surface area (Å²) in [5.74, 6) is -1.07. The van der Waals surface area contributed by atoms with E-state index in [9.17, 15) is 13.2 Å². The lowest BCUT2D eigenvalue weighted by Crippen LogP contribution is -2.20. The summed E-state index contributed by atoms with van der Waals surface area (Å²) in [7, 11) is 0. The molecule has 1 heterocycles. The molecule has 0 aliphatic carbocycles. The molecule has 0 unspecified atom stereocenters. The third kappa shape index (κ3) is 2.67. The van der Waals surface area contributed by atoms with Crippen LogP contribution in [-0.2, 0) is 11.6 Å². The van der Waals surface area contributed by atoms with E-state index in [1.165, 1.54) is 6.20 Å². The van der Waals surface area contributed by atoms with Crippen LogP contribution in [0.15, 0.2) is 6.20 Å². The van der Waals surface area contributed by atoms with Gasteiger partial charge in [0.1, 0.15) is 0 Å². The molecule has 0 spiro atoms. The maximum atomic E-state index is 12.4. The number of rotatable bonds is 0. The van der Waals surface area contributed by atoms with Crippen LogP contribution in [0.3, 0.4) is 0 Å². The molecule has 84 valence electrons. The Morgan fingerprint density at radius 1 is 1.13 bits per heavy atom. The Morgan fingerprint density at radius 3 is 2.07 bits per heavy atom. The van der Waals surface area contributed by atoms with E-state index in [1.54, 1.807) is 6.92 Å². The normalized spacial score (nSPS) is 13.0. The van der Waals surface area contributed by atoms with Crippen LogP contribution in [0.4, 0.5) is 13.2 Å². The van der Waals surface area contributed by atoms with Gasteiger partial charge in [0.2, 0.25) is 5.82 Å². The van der Waals surface area contributed by atoms with E-state index in [4.69, 9.17) is 0 Å². The van der Waals surface area contributed by atoms with E-state index in [-0.39, 0.29) is 0 Å². The molecule has 2 nitrogen and oxygen atoms in total. The quantitative estimate of drug-likeness (QED) is 0.668. The molecule has 0 saturated carbocycles. The summed E-state index contributed by atoms with van der Waals surface area (Å²) in [6.45, 7) is 7.17. The molecule has 0 aromatic carbocycles. The highest BCUT2D eigenvalue weighted by molar-refractivity contribution is 5.23. The van der Waals surface area contributed by atoms with Gasteiger partial charge >= 0.3 is 6.18 Å². The number of hydrogen-bond acceptors (Lipinski definition) is 2. The monoisotopic (exact) mass is 218 g/mol. The molecule has 0 N–H and O–H groups in total. The Bertz CT molecular complexity index is 364. The van der Waals surface area contributed by atoms with Crippen molar-refractivity contribution in [3.8, 4) is 0 Å². The largest absolute Gasteiger partial charge is 0.451 e. The second-order valence-corrected chi connectivity index (χ2v) is 4.47. The molecule has 0 radical (unpaired) electrons. The fourth-order valence-electron chi connectivity index (χ4n) is 1.34. The van der Waals surface area contributed by atoms with Gasteiger partial charge in [0, 0.05) is 11.6 Å². The van der Waals surface area contributed by atoms with Crippen molar-refractivity contribution in [2.45, 2.75) is 39.3 Å². The summed E-state index contributed by atoms with van der Waals surface area (Å²) in [4.78, 5) is 6.87. The predicted molar refractivity (Wildman–Crippen MR) is 50.5 cm³/mol. The maximum absolute atomic E-state index is 12.4. The van der Waals surface area contributed by atoms with Crippen LogP contribution in [0.2, 0.25) is 0 Å². The van der Waals surface area contributed by atoms with Gasteiger partial charge in [-0.1, -0.05) is 20.8 Å². The van der Waals surface area contributed by atoms with Crippen molar-refractivity contribution in [1.29, 1.82) is 0 Å². The van der Waals surface area contributed by atoms with Crippen molar-refractivity contribution < 1.29 is 13.2 Å².